The van der Waals surface area contributed by atoms with Gasteiger partial charge in [-0.15, -0.1) is 0 Å². The zero-order valence-corrected chi connectivity index (χ0v) is 19.7. The molecular weight excluding hydrogens is 484 g/mol. The monoisotopic (exact) mass is 500 g/mol. The van der Waals surface area contributed by atoms with Crippen molar-refractivity contribution in [2.24, 2.45) is 0 Å². The second-order valence-corrected chi connectivity index (χ2v) is 9.27. The van der Waals surface area contributed by atoms with Crippen molar-refractivity contribution in [1.82, 2.24) is 4.90 Å². The maximum absolute atomic E-state index is 13.1. The normalized spacial score (nSPS) is 19.7. The molecule has 0 aliphatic carbocycles. The van der Waals surface area contributed by atoms with Gasteiger partial charge in [0.2, 0.25) is 5.91 Å². The van der Waals surface area contributed by atoms with Crippen LogP contribution < -0.4 is 4.90 Å². The number of imide groups is 1. The number of thiocarbonyl (C=S) groups is 1. The van der Waals surface area contributed by atoms with Crippen molar-refractivity contribution in [3.05, 3.63) is 69.6 Å². The van der Waals surface area contributed by atoms with Crippen molar-refractivity contribution in [2.45, 2.75) is 19.4 Å². The summed E-state index contributed by atoms with van der Waals surface area (Å²) < 4.78 is 5.16. The molecule has 3 amide bonds. The third kappa shape index (κ3) is 4.57. The van der Waals surface area contributed by atoms with Crippen LogP contribution in [-0.2, 0) is 19.1 Å². The van der Waals surface area contributed by atoms with Gasteiger partial charge in [-0.1, -0.05) is 47.7 Å². The standard InChI is InChI=1S/C23H17ClN2O5S2/c1-2-31-22(30)14-5-9-16(10-6-14)25-19(27)12-17(20(25)28)26-21(29)18(33-23(26)32)11-13-3-7-15(24)8-4-13/h3-11,17H,2,12H2,1H3/b18-11-/t17-/m1/s1. The number of halogens is 1. The second kappa shape index (κ2) is 9.46. The van der Waals surface area contributed by atoms with E-state index in [1.807, 2.05) is 0 Å². The van der Waals surface area contributed by atoms with E-state index in [0.29, 0.717) is 21.2 Å². The number of ether oxygens (including phenoxy) is 1. The first kappa shape index (κ1) is 23.2. The predicted molar refractivity (Wildman–Crippen MR) is 130 cm³/mol. The van der Waals surface area contributed by atoms with Crippen molar-refractivity contribution in [1.29, 1.82) is 0 Å². The molecule has 0 saturated carbocycles. The van der Waals surface area contributed by atoms with Crippen molar-refractivity contribution < 1.29 is 23.9 Å². The fourth-order valence-corrected chi connectivity index (χ4v) is 4.99. The number of esters is 1. The van der Waals surface area contributed by atoms with Gasteiger partial charge in [0.1, 0.15) is 10.4 Å². The molecule has 7 nitrogen and oxygen atoms in total. The lowest BCUT2D eigenvalue weighted by Crippen LogP contribution is -2.44. The number of amides is 3. The Labute approximate surface area is 204 Å². The molecule has 0 unspecified atom stereocenters. The molecule has 168 valence electrons. The fourth-order valence-electron chi connectivity index (χ4n) is 3.51. The highest BCUT2D eigenvalue weighted by molar-refractivity contribution is 8.26. The van der Waals surface area contributed by atoms with E-state index in [2.05, 4.69) is 0 Å². The van der Waals surface area contributed by atoms with Gasteiger partial charge < -0.3 is 4.74 Å². The highest BCUT2D eigenvalue weighted by atomic mass is 35.5. The smallest absolute Gasteiger partial charge is 0.338 e. The number of carbonyl (C=O) groups excluding carboxylic acids is 4. The van der Waals surface area contributed by atoms with Gasteiger partial charge in [-0.2, -0.15) is 0 Å². The van der Waals surface area contributed by atoms with E-state index in [0.717, 1.165) is 22.2 Å². The van der Waals surface area contributed by atoms with Crippen LogP contribution in [0.5, 0.6) is 0 Å². The Balaban J connectivity index is 1.54. The molecule has 4 rings (SSSR count). The predicted octanol–water partition coefficient (Wildman–Crippen LogP) is 4.05. The molecule has 33 heavy (non-hydrogen) atoms. The maximum atomic E-state index is 13.1. The largest absolute Gasteiger partial charge is 0.462 e. The minimum Gasteiger partial charge on any atom is -0.462 e. The van der Waals surface area contributed by atoms with Gasteiger partial charge in [-0.05, 0) is 55.0 Å². The molecule has 2 fully saturated rings. The van der Waals surface area contributed by atoms with Crippen LogP contribution in [-0.4, -0.2) is 45.6 Å². The van der Waals surface area contributed by atoms with Crippen molar-refractivity contribution in [3.8, 4) is 0 Å². The molecule has 2 aromatic rings. The minimum absolute atomic E-state index is 0.181. The molecule has 2 heterocycles. The molecule has 2 aliphatic heterocycles. The van der Waals surface area contributed by atoms with Crippen LogP contribution in [0.1, 0.15) is 29.3 Å². The van der Waals surface area contributed by atoms with E-state index in [-0.39, 0.29) is 17.3 Å². The Bertz CT molecular complexity index is 1190. The lowest BCUT2D eigenvalue weighted by atomic mass is 10.2. The summed E-state index contributed by atoms with van der Waals surface area (Å²) in [5, 5.41) is 0.574. The molecular formula is C23H17ClN2O5S2. The molecule has 0 N–H and O–H groups in total. The number of hydrogen-bond donors (Lipinski definition) is 0. The Hall–Kier alpha value is -3.01. The van der Waals surface area contributed by atoms with Crippen LogP contribution in [0.3, 0.4) is 0 Å². The zero-order chi connectivity index (χ0) is 23.7. The molecule has 0 aromatic heterocycles. The van der Waals surface area contributed by atoms with Crippen molar-refractivity contribution in [2.75, 3.05) is 11.5 Å². The summed E-state index contributed by atoms with van der Waals surface area (Å²) in [6.07, 6.45) is 1.49. The van der Waals surface area contributed by atoms with E-state index < -0.39 is 29.7 Å². The molecule has 2 saturated heterocycles. The molecule has 2 aliphatic rings. The summed E-state index contributed by atoms with van der Waals surface area (Å²) in [5.74, 6) is -1.92. The highest BCUT2D eigenvalue weighted by Gasteiger charge is 2.48. The maximum Gasteiger partial charge on any atom is 0.338 e. The average molecular weight is 501 g/mol. The van der Waals surface area contributed by atoms with Crippen LogP contribution in [0.25, 0.3) is 6.08 Å². The third-order valence-electron chi connectivity index (χ3n) is 5.06. The number of hydrogen-bond acceptors (Lipinski definition) is 7. The van der Waals surface area contributed by atoms with E-state index >= 15 is 0 Å². The Kier molecular flexibility index (Phi) is 6.64. The van der Waals surface area contributed by atoms with Gasteiger partial charge in [-0.25, -0.2) is 9.69 Å². The second-order valence-electron chi connectivity index (χ2n) is 7.16. The van der Waals surface area contributed by atoms with E-state index in [1.165, 1.54) is 29.2 Å². The van der Waals surface area contributed by atoms with Crippen molar-refractivity contribution >= 4 is 75.4 Å². The Morgan fingerprint density at radius 1 is 1.15 bits per heavy atom. The van der Waals surface area contributed by atoms with E-state index in [4.69, 9.17) is 28.6 Å². The van der Waals surface area contributed by atoms with Crippen LogP contribution in [0.15, 0.2) is 53.4 Å². The summed E-state index contributed by atoms with van der Waals surface area (Å²) in [6, 6.07) is 11.9. The number of anilines is 1. The third-order valence-corrected chi connectivity index (χ3v) is 6.64. The molecule has 0 radical (unpaired) electrons. The van der Waals surface area contributed by atoms with E-state index in [1.54, 1.807) is 37.3 Å². The summed E-state index contributed by atoms with van der Waals surface area (Å²) in [7, 11) is 0. The minimum atomic E-state index is -1.02. The lowest BCUT2D eigenvalue weighted by Gasteiger charge is -2.21. The Morgan fingerprint density at radius 2 is 1.82 bits per heavy atom. The number of thioether (sulfide) groups is 1. The zero-order valence-electron chi connectivity index (χ0n) is 17.3. The van der Waals surface area contributed by atoms with Gasteiger partial charge in [-0.3, -0.25) is 19.3 Å². The van der Waals surface area contributed by atoms with Gasteiger partial charge in [0.15, 0.2) is 0 Å². The molecule has 1 atom stereocenters. The van der Waals surface area contributed by atoms with Crippen LogP contribution >= 0.6 is 35.6 Å². The number of nitrogens with zero attached hydrogens (tertiary/aromatic N) is 2. The summed E-state index contributed by atoms with van der Waals surface area (Å²) in [5.41, 5.74) is 1.38. The summed E-state index contributed by atoms with van der Waals surface area (Å²) in [4.78, 5) is 53.3. The molecule has 10 heteroatoms. The number of benzene rings is 2. The lowest BCUT2D eigenvalue weighted by molar-refractivity contribution is -0.129. The summed E-state index contributed by atoms with van der Waals surface area (Å²) in [6.45, 7) is 1.94. The highest BCUT2D eigenvalue weighted by Crippen LogP contribution is 2.37. The van der Waals surface area contributed by atoms with Crippen molar-refractivity contribution in [3.63, 3.8) is 0 Å². The van der Waals surface area contributed by atoms with Gasteiger partial charge in [0, 0.05) is 5.02 Å². The SMILES string of the molecule is CCOC(=O)c1ccc(N2C(=O)C[C@@H](N3C(=O)/C(=C/c4ccc(Cl)cc4)SC3=S)C2=O)cc1. The van der Waals surface area contributed by atoms with E-state index in [9.17, 15) is 19.2 Å². The first-order chi connectivity index (χ1) is 15.8. The summed E-state index contributed by atoms with van der Waals surface area (Å²) >= 11 is 12.3. The Morgan fingerprint density at radius 3 is 2.45 bits per heavy atom. The topological polar surface area (TPSA) is 84.0 Å². The van der Waals surface area contributed by atoms with Crippen LogP contribution in [0, 0.1) is 0 Å². The number of carbonyl (C=O) groups is 4. The average Bonchev–Trinajstić information content (AvgIpc) is 3.23. The van der Waals surface area contributed by atoms with Gasteiger partial charge in [0.05, 0.1) is 29.2 Å². The van der Waals surface area contributed by atoms with Crippen LogP contribution in [0.4, 0.5) is 5.69 Å². The van der Waals surface area contributed by atoms with Gasteiger partial charge >= 0.3 is 5.97 Å². The molecule has 0 spiro atoms. The fraction of sp³-hybridized carbons (Fsp3) is 0.174. The first-order valence-electron chi connectivity index (χ1n) is 9.96. The van der Waals surface area contributed by atoms with Crippen LogP contribution in [0.2, 0.25) is 5.02 Å². The first-order valence-corrected chi connectivity index (χ1v) is 11.6. The molecule has 0 bridgehead atoms. The van der Waals surface area contributed by atoms with Gasteiger partial charge in [0.25, 0.3) is 11.8 Å². The quantitative estimate of drug-likeness (QED) is 0.265. The number of rotatable bonds is 5. The molecule has 2 aromatic carbocycles.